The summed E-state index contributed by atoms with van der Waals surface area (Å²) >= 11 is 0. The fourth-order valence-electron chi connectivity index (χ4n) is 4.11. The molecule has 3 atom stereocenters. The molecule has 1 amide bonds. The van der Waals surface area contributed by atoms with Crippen molar-refractivity contribution in [3.05, 3.63) is 28.2 Å². The Kier molecular flexibility index (Phi) is 5.44. The molecule has 0 spiro atoms. The fraction of sp³-hybridized carbons (Fsp3) is 0.667. The van der Waals surface area contributed by atoms with E-state index in [1.807, 2.05) is 0 Å². The van der Waals surface area contributed by atoms with E-state index in [1.165, 1.54) is 10.6 Å². The van der Waals surface area contributed by atoms with Crippen molar-refractivity contribution in [2.45, 2.75) is 63.8 Å². The SMILES string of the molecule is Cc1cc(O)cc(=O)n1CCC(=O)N[C@@H]1CCC[C@@H]1N1CCC(O)C1. The zero-order valence-electron chi connectivity index (χ0n) is 14.6. The van der Waals surface area contributed by atoms with E-state index in [0.29, 0.717) is 24.8 Å². The molecule has 1 saturated carbocycles. The van der Waals surface area contributed by atoms with Crippen LogP contribution in [0.4, 0.5) is 0 Å². The van der Waals surface area contributed by atoms with Gasteiger partial charge in [-0.2, -0.15) is 0 Å². The third-order valence-corrected chi connectivity index (χ3v) is 5.37. The van der Waals surface area contributed by atoms with Gasteiger partial charge < -0.3 is 20.1 Å². The van der Waals surface area contributed by atoms with Gasteiger partial charge in [0.15, 0.2) is 0 Å². The van der Waals surface area contributed by atoms with Gasteiger partial charge in [-0.25, -0.2) is 0 Å². The quantitative estimate of drug-likeness (QED) is 0.713. The highest BCUT2D eigenvalue weighted by atomic mass is 16.3. The lowest BCUT2D eigenvalue weighted by Crippen LogP contribution is -2.48. The highest BCUT2D eigenvalue weighted by molar-refractivity contribution is 5.76. The number of carbonyl (C=O) groups is 1. The number of pyridine rings is 1. The van der Waals surface area contributed by atoms with Gasteiger partial charge in [0, 0.05) is 49.9 Å². The molecule has 0 bridgehead atoms. The number of hydrogen-bond acceptors (Lipinski definition) is 5. The van der Waals surface area contributed by atoms with Crippen molar-refractivity contribution >= 4 is 5.91 Å². The van der Waals surface area contributed by atoms with E-state index < -0.39 is 0 Å². The Morgan fingerprint density at radius 3 is 2.80 bits per heavy atom. The van der Waals surface area contributed by atoms with Crippen molar-refractivity contribution in [2.24, 2.45) is 0 Å². The van der Waals surface area contributed by atoms with E-state index in [9.17, 15) is 19.8 Å². The predicted octanol–water partition coefficient (Wildman–Crippen LogP) is 0.356. The molecule has 1 aliphatic heterocycles. The normalized spacial score (nSPS) is 26.9. The predicted molar refractivity (Wildman–Crippen MR) is 93.5 cm³/mol. The second-order valence-electron chi connectivity index (χ2n) is 7.20. The summed E-state index contributed by atoms with van der Waals surface area (Å²) in [4.78, 5) is 26.5. The number of β-amino-alcohol motifs (C(OH)–C–C–N with tert-alkyl or cyclic N) is 1. The number of nitrogens with zero attached hydrogens (tertiary/aromatic N) is 2. The highest BCUT2D eigenvalue weighted by Crippen LogP contribution is 2.27. The number of carbonyl (C=O) groups excluding carboxylic acids is 1. The molecule has 1 aromatic rings. The first kappa shape index (κ1) is 17.9. The number of hydrogen-bond donors (Lipinski definition) is 3. The van der Waals surface area contributed by atoms with Crippen LogP contribution in [0.1, 0.15) is 37.8 Å². The maximum absolute atomic E-state index is 12.3. The van der Waals surface area contributed by atoms with E-state index in [-0.39, 0.29) is 35.8 Å². The lowest BCUT2D eigenvalue weighted by molar-refractivity contribution is -0.122. The lowest BCUT2D eigenvalue weighted by atomic mass is 10.1. The largest absolute Gasteiger partial charge is 0.508 e. The number of nitrogens with one attached hydrogen (secondary N) is 1. The third-order valence-electron chi connectivity index (χ3n) is 5.37. The molecule has 1 aromatic heterocycles. The minimum atomic E-state index is -0.296. The van der Waals surface area contributed by atoms with E-state index in [4.69, 9.17) is 0 Å². The molecule has 2 fully saturated rings. The van der Waals surface area contributed by atoms with Gasteiger partial charge in [-0.05, 0) is 38.7 Å². The van der Waals surface area contributed by atoms with Crippen LogP contribution >= 0.6 is 0 Å². The summed E-state index contributed by atoms with van der Waals surface area (Å²) in [6, 6.07) is 3.11. The Labute approximate surface area is 147 Å². The van der Waals surface area contributed by atoms with Gasteiger partial charge >= 0.3 is 0 Å². The van der Waals surface area contributed by atoms with Crippen molar-refractivity contribution in [3.63, 3.8) is 0 Å². The van der Waals surface area contributed by atoms with Crippen molar-refractivity contribution in [3.8, 4) is 5.75 Å². The second kappa shape index (κ2) is 7.58. The molecule has 1 saturated heterocycles. The Morgan fingerprint density at radius 1 is 1.32 bits per heavy atom. The number of amides is 1. The van der Waals surface area contributed by atoms with E-state index in [1.54, 1.807) is 6.92 Å². The Hall–Kier alpha value is -1.86. The number of aliphatic hydroxyl groups excluding tert-OH is 1. The smallest absolute Gasteiger partial charge is 0.254 e. The summed E-state index contributed by atoms with van der Waals surface area (Å²) in [5, 5.41) is 22.3. The fourth-order valence-corrected chi connectivity index (χ4v) is 4.11. The maximum Gasteiger partial charge on any atom is 0.254 e. The standard InChI is InChI=1S/C18H27N3O4/c1-12-9-14(23)10-18(25)21(12)8-6-17(24)19-15-3-2-4-16(15)20-7-5-13(22)11-20/h9-10,13,15-16,22-23H,2-8,11H2,1H3,(H,19,24)/t13?,15-,16+/m1/s1. The van der Waals surface area contributed by atoms with Crippen LogP contribution < -0.4 is 10.9 Å². The Morgan fingerprint density at radius 2 is 2.12 bits per heavy atom. The monoisotopic (exact) mass is 349 g/mol. The summed E-state index contributed by atoms with van der Waals surface area (Å²) in [5.74, 6) is -0.110. The third kappa shape index (κ3) is 4.22. The average molecular weight is 349 g/mol. The van der Waals surface area contributed by atoms with Crippen LogP contribution in [0.2, 0.25) is 0 Å². The Balaban J connectivity index is 1.55. The summed E-state index contributed by atoms with van der Waals surface area (Å²) in [6.07, 6.45) is 3.88. The molecule has 0 aromatic carbocycles. The maximum atomic E-state index is 12.3. The number of aliphatic hydroxyl groups is 1. The molecule has 7 heteroatoms. The number of rotatable bonds is 5. The van der Waals surface area contributed by atoms with Crippen molar-refractivity contribution in [2.75, 3.05) is 13.1 Å². The highest BCUT2D eigenvalue weighted by Gasteiger charge is 2.36. The number of aromatic hydroxyl groups is 1. The molecule has 3 N–H and O–H groups in total. The number of likely N-dealkylation sites (tertiary alicyclic amines) is 1. The molecule has 25 heavy (non-hydrogen) atoms. The molecule has 138 valence electrons. The Bertz CT molecular complexity index is 687. The van der Waals surface area contributed by atoms with Crippen LogP contribution in [0.25, 0.3) is 0 Å². The van der Waals surface area contributed by atoms with Gasteiger partial charge in [-0.1, -0.05) is 0 Å². The zero-order chi connectivity index (χ0) is 18.0. The summed E-state index contributed by atoms with van der Waals surface area (Å²) < 4.78 is 1.50. The molecule has 7 nitrogen and oxygen atoms in total. The summed E-state index contributed by atoms with van der Waals surface area (Å²) in [6.45, 7) is 3.63. The number of aryl methyl sites for hydroxylation is 1. The minimum Gasteiger partial charge on any atom is -0.508 e. The van der Waals surface area contributed by atoms with Crippen LogP contribution in [0.3, 0.4) is 0 Å². The molecule has 3 rings (SSSR count). The van der Waals surface area contributed by atoms with E-state index in [2.05, 4.69) is 10.2 Å². The van der Waals surface area contributed by atoms with Gasteiger partial charge in [-0.15, -0.1) is 0 Å². The first-order valence-corrected chi connectivity index (χ1v) is 9.06. The van der Waals surface area contributed by atoms with Crippen molar-refractivity contribution < 1.29 is 15.0 Å². The van der Waals surface area contributed by atoms with Gasteiger partial charge in [0.05, 0.1) is 6.10 Å². The molecule has 1 unspecified atom stereocenters. The topological polar surface area (TPSA) is 94.8 Å². The van der Waals surface area contributed by atoms with E-state index in [0.717, 1.165) is 38.3 Å². The van der Waals surface area contributed by atoms with Crippen molar-refractivity contribution in [1.82, 2.24) is 14.8 Å². The first-order valence-electron chi connectivity index (χ1n) is 9.06. The minimum absolute atomic E-state index is 0.0511. The second-order valence-corrected chi connectivity index (χ2v) is 7.20. The lowest BCUT2D eigenvalue weighted by Gasteiger charge is -2.29. The van der Waals surface area contributed by atoms with Crippen LogP contribution in [0.15, 0.2) is 16.9 Å². The van der Waals surface area contributed by atoms with Gasteiger partial charge in [-0.3, -0.25) is 14.5 Å². The van der Waals surface area contributed by atoms with E-state index >= 15 is 0 Å². The number of aromatic nitrogens is 1. The van der Waals surface area contributed by atoms with Crippen LogP contribution in [0.5, 0.6) is 5.75 Å². The average Bonchev–Trinajstić information content (AvgIpc) is 3.14. The molecular formula is C18H27N3O4. The molecule has 0 radical (unpaired) electrons. The van der Waals surface area contributed by atoms with Crippen LogP contribution in [-0.4, -0.2) is 56.9 Å². The molecule has 1 aliphatic carbocycles. The zero-order valence-corrected chi connectivity index (χ0v) is 14.6. The summed E-state index contributed by atoms with van der Waals surface area (Å²) in [7, 11) is 0. The van der Waals surface area contributed by atoms with Gasteiger partial charge in [0.2, 0.25) is 5.91 Å². The van der Waals surface area contributed by atoms with Crippen LogP contribution in [0, 0.1) is 6.92 Å². The van der Waals surface area contributed by atoms with Gasteiger partial charge in [0.1, 0.15) is 5.75 Å². The molecular weight excluding hydrogens is 322 g/mol. The van der Waals surface area contributed by atoms with Crippen molar-refractivity contribution in [1.29, 1.82) is 0 Å². The van der Waals surface area contributed by atoms with Crippen LogP contribution in [-0.2, 0) is 11.3 Å². The molecule has 2 aliphatic rings. The summed E-state index contributed by atoms with van der Waals surface area (Å²) in [5.41, 5.74) is 0.345. The molecule has 2 heterocycles. The van der Waals surface area contributed by atoms with Gasteiger partial charge in [0.25, 0.3) is 5.56 Å². The first-order chi connectivity index (χ1) is 11.9.